The first-order valence-electron chi connectivity index (χ1n) is 6.35. The minimum Gasteiger partial charge on any atom is -0.396 e. The molecule has 0 amide bonds. The van der Waals surface area contributed by atoms with E-state index in [4.69, 9.17) is 0 Å². The van der Waals surface area contributed by atoms with E-state index in [1.165, 1.54) is 25.7 Å². The smallest absolute Gasteiger partial charge is 0.0461 e. The molecule has 0 heterocycles. The topological polar surface area (TPSA) is 20.2 Å². The Labute approximate surface area is 89.9 Å². The minimum absolute atomic E-state index is 0.370. The molecule has 0 saturated heterocycles. The number of hydrogen-bond donors (Lipinski definition) is 1. The Morgan fingerprint density at radius 2 is 1.43 bits per heavy atom. The van der Waals surface area contributed by atoms with E-state index in [2.05, 4.69) is 27.7 Å². The molecule has 14 heavy (non-hydrogen) atoms. The van der Waals surface area contributed by atoms with Gasteiger partial charge in [0, 0.05) is 6.61 Å². The molecule has 0 aliphatic rings. The van der Waals surface area contributed by atoms with Crippen molar-refractivity contribution in [2.24, 2.45) is 17.8 Å². The lowest BCUT2D eigenvalue weighted by Gasteiger charge is -2.31. The number of rotatable bonds is 8. The van der Waals surface area contributed by atoms with Gasteiger partial charge in [0.05, 0.1) is 0 Å². The van der Waals surface area contributed by atoms with Crippen LogP contribution < -0.4 is 0 Å². The summed E-state index contributed by atoms with van der Waals surface area (Å²) in [6.45, 7) is 9.38. The molecule has 0 aliphatic heterocycles. The zero-order chi connectivity index (χ0) is 11.0. The van der Waals surface area contributed by atoms with E-state index in [9.17, 15) is 5.11 Å². The van der Waals surface area contributed by atoms with Crippen LogP contribution in [0.4, 0.5) is 0 Å². The predicted octanol–water partition coefficient (Wildman–Crippen LogP) is 3.86. The van der Waals surface area contributed by atoms with E-state index in [0.717, 1.165) is 18.3 Å². The molecule has 0 fully saturated rings. The van der Waals surface area contributed by atoms with E-state index in [1.54, 1.807) is 0 Å². The summed E-state index contributed by atoms with van der Waals surface area (Å²) in [7, 11) is 0. The van der Waals surface area contributed by atoms with Crippen molar-refractivity contribution in [3.63, 3.8) is 0 Å². The second kappa shape index (κ2) is 8.28. The summed E-state index contributed by atoms with van der Waals surface area (Å²) in [4.78, 5) is 0. The SMILES string of the molecule is CCCC(CC)C(CC)C(CC)CO. The molecule has 0 radical (unpaired) electrons. The molecule has 0 saturated carbocycles. The number of aliphatic hydroxyl groups is 1. The van der Waals surface area contributed by atoms with Gasteiger partial charge in [-0.15, -0.1) is 0 Å². The molecule has 3 atom stereocenters. The normalized spacial score (nSPS) is 17.8. The summed E-state index contributed by atoms with van der Waals surface area (Å²) in [5.74, 6) is 2.08. The molecule has 0 aromatic rings. The quantitative estimate of drug-likeness (QED) is 0.631. The summed E-state index contributed by atoms with van der Waals surface area (Å²) in [6, 6.07) is 0. The van der Waals surface area contributed by atoms with Gasteiger partial charge in [0.2, 0.25) is 0 Å². The van der Waals surface area contributed by atoms with Crippen LogP contribution in [0, 0.1) is 17.8 Å². The van der Waals surface area contributed by atoms with Gasteiger partial charge in [0.25, 0.3) is 0 Å². The van der Waals surface area contributed by atoms with E-state index in [0.29, 0.717) is 12.5 Å². The van der Waals surface area contributed by atoms with Gasteiger partial charge in [0.15, 0.2) is 0 Å². The third kappa shape index (κ3) is 4.00. The van der Waals surface area contributed by atoms with E-state index < -0.39 is 0 Å². The van der Waals surface area contributed by atoms with Crippen molar-refractivity contribution in [3.8, 4) is 0 Å². The van der Waals surface area contributed by atoms with Crippen LogP contribution in [0.1, 0.15) is 59.8 Å². The average Bonchev–Trinajstić information content (AvgIpc) is 2.23. The maximum atomic E-state index is 9.34. The highest BCUT2D eigenvalue weighted by Gasteiger charge is 2.24. The van der Waals surface area contributed by atoms with Crippen molar-refractivity contribution in [1.82, 2.24) is 0 Å². The fourth-order valence-electron chi connectivity index (χ4n) is 2.71. The number of aliphatic hydroxyl groups excluding tert-OH is 1. The Bertz CT molecular complexity index is 118. The van der Waals surface area contributed by atoms with Gasteiger partial charge in [-0.05, 0) is 17.8 Å². The summed E-state index contributed by atoms with van der Waals surface area (Å²) < 4.78 is 0. The van der Waals surface area contributed by atoms with Crippen LogP contribution in [0.2, 0.25) is 0 Å². The first kappa shape index (κ1) is 14.0. The van der Waals surface area contributed by atoms with Gasteiger partial charge < -0.3 is 5.11 Å². The highest BCUT2D eigenvalue weighted by Crippen LogP contribution is 2.32. The lowest BCUT2D eigenvalue weighted by atomic mass is 9.75. The fraction of sp³-hybridized carbons (Fsp3) is 1.00. The maximum absolute atomic E-state index is 9.34. The molecule has 0 spiro atoms. The van der Waals surface area contributed by atoms with Crippen LogP contribution in [0.5, 0.6) is 0 Å². The summed E-state index contributed by atoms with van der Waals surface area (Å²) in [5, 5.41) is 9.34. The largest absolute Gasteiger partial charge is 0.396 e. The second-order valence-corrected chi connectivity index (χ2v) is 4.38. The van der Waals surface area contributed by atoms with Crippen molar-refractivity contribution in [2.45, 2.75) is 59.8 Å². The molecule has 0 bridgehead atoms. The van der Waals surface area contributed by atoms with Gasteiger partial charge >= 0.3 is 0 Å². The van der Waals surface area contributed by atoms with Crippen molar-refractivity contribution in [3.05, 3.63) is 0 Å². The summed E-state index contributed by atoms with van der Waals surface area (Å²) in [5.41, 5.74) is 0. The van der Waals surface area contributed by atoms with Crippen LogP contribution in [0.15, 0.2) is 0 Å². The van der Waals surface area contributed by atoms with Crippen LogP contribution in [0.3, 0.4) is 0 Å². The number of hydrogen-bond acceptors (Lipinski definition) is 1. The van der Waals surface area contributed by atoms with E-state index in [1.807, 2.05) is 0 Å². The fourth-order valence-corrected chi connectivity index (χ4v) is 2.71. The molecule has 3 unspecified atom stereocenters. The maximum Gasteiger partial charge on any atom is 0.0461 e. The van der Waals surface area contributed by atoms with Crippen LogP contribution in [0.25, 0.3) is 0 Å². The first-order valence-corrected chi connectivity index (χ1v) is 6.35. The Balaban J connectivity index is 4.31. The molecular weight excluding hydrogens is 172 g/mol. The van der Waals surface area contributed by atoms with Gasteiger partial charge in [-0.25, -0.2) is 0 Å². The molecule has 0 aromatic carbocycles. The zero-order valence-corrected chi connectivity index (χ0v) is 10.4. The molecule has 0 aliphatic carbocycles. The standard InChI is InChI=1S/C13H28O/c1-5-9-11(6-2)13(8-4)12(7-3)10-14/h11-14H,5-10H2,1-4H3. The molecule has 0 rings (SSSR count). The third-order valence-electron chi connectivity index (χ3n) is 3.63. The van der Waals surface area contributed by atoms with Crippen molar-refractivity contribution >= 4 is 0 Å². The highest BCUT2D eigenvalue weighted by molar-refractivity contribution is 4.74. The van der Waals surface area contributed by atoms with Crippen molar-refractivity contribution in [2.75, 3.05) is 6.61 Å². The van der Waals surface area contributed by atoms with Gasteiger partial charge in [-0.3, -0.25) is 0 Å². The predicted molar refractivity (Wildman–Crippen MR) is 63.3 cm³/mol. The molecule has 1 heteroatoms. The molecule has 1 N–H and O–H groups in total. The Hall–Kier alpha value is -0.0400. The lowest BCUT2D eigenvalue weighted by molar-refractivity contribution is 0.120. The van der Waals surface area contributed by atoms with Gasteiger partial charge in [-0.2, -0.15) is 0 Å². The summed E-state index contributed by atoms with van der Waals surface area (Å²) in [6.07, 6.45) is 6.21. The lowest BCUT2D eigenvalue weighted by Crippen LogP contribution is -2.25. The van der Waals surface area contributed by atoms with Crippen LogP contribution >= 0.6 is 0 Å². The minimum atomic E-state index is 0.370. The van der Waals surface area contributed by atoms with Crippen LogP contribution in [-0.2, 0) is 0 Å². The molecular formula is C13H28O. The first-order chi connectivity index (χ1) is 6.74. The van der Waals surface area contributed by atoms with E-state index in [-0.39, 0.29) is 0 Å². The van der Waals surface area contributed by atoms with Crippen molar-refractivity contribution < 1.29 is 5.11 Å². The van der Waals surface area contributed by atoms with E-state index >= 15 is 0 Å². The Morgan fingerprint density at radius 3 is 1.71 bits per heavy atom. The highest BCUT2D eigenvalue weighted by atomic mass is 16.3. The van der Waals surface area contributed by atoms with Crippen molar-refractivity contribution in [1.29, 1.82) is 0 Å². The summed E-state index contributed by atoms with van der Waals surface area (Å²) >= 11 is 0. The van der Waals surface area contributed by atoms with Gasteiger partial charge in [0.1, 0.15) is 0 Å². The Morgan fingerprint density at radius 1 is 0.857 bits per heavy atom. The molecule has 0 aromatic heterocycles. The molecule has 1 nitrogen and oxygen atoms in total. The second-order valence-electron chi connectivity index (χ2n) is 4.38. The Kier molecular flexibility index (Phi) is 8.26. The van der Waals surface area contributed by atoms with Gasteiger partial charge in [-0.1, -0.05) is 59.8 Å². The monoisotopic (exact) mass is 200 g/mol. The zero-order valence-electron chi connectivity index (χ0n) is 10.4. The average molecular weight is 200 g/mol. The third-order valence-corrected chi connectivity index (χ3v) is 3.63. The molecule has 86 valence electrons. The van der Waals surface area contributed by atoms with Crippen LogP contribution in [-0.4, -0.2) is 11.7 Å².